The highest BCUT2D eigenvalue weighted by molar-refractivity contribution is 5.04. The van der Waals surface area contributed by atoms with Crippen molar-refractivity contribution in [1.82, 2.24) is 9.97 Å². The second kappa shape index (κ2) is 4.19. The zero-order chi connectivity index (χ0) is 10.7. The first kappa shape index (κ1) is 10.6. The van der Waals surface area contributed by atoms with Crippen LogP contribution in [0.4, 0.5) is 5.95 Å². The molecule has 0 aromatic carbocycles. The third-order valence-electron chi connectivity index (χ3n) is 1.96. The molecule has 4 N–H and O–H groups in total. The van der Waals surface area contributed by atoms with Gasteiger partial charge in [0.25, 0.3) is 0 Å². The quantitative estimate of drug-likeness (QED) is 0.528. The number of H-pyrrole nitrogens is 1. The summed E-state index contributed by atoms with van der Waals surface area (Å²) >= 11 is 0. The fraction of sp³-hybridized carbons (Fsp3) is 0.625. The molecule has 1 rings (SSSR count). The summed E-state index contributed by atoms with van der Waals surface area (Å²) in [4.78, 5) is 17.8. The van der Waals surface area contributed by atoms with E-state index in [1.54, 1.807) is 6.92 Å². The van der Waals surface area contributed by atoms with Crippen molar-refractivity contribution in [3.05, 3.63) is 16.3 Å². The van der Waals surface area contributed by atoms with Gasteiger partial charge in [-0.1, -0.05) is 11.9 Å². The Balaban J connectivity index is 3.03. The van der Waals surface area contributed by atoms with E-state index in [1.165, 1.54) is 4.57 Å². The lowest BCUT2D eigenvalue weighted by molar-refractivity contribution is -0.709. The summed E-state index contributed by atoms with van der Waals surface area (Å²) in [6.07, 6.45) is -0.00681. The lowest BCUT2D eigenvalue weighted by atomic mass is 10.3. The van der Waals surface area contributed by atoms with Crippen molar-refractivity contribution in [3.63, 3.8) is 0 Å². The maximum atomic E-state index is 11.4. The molecule has 0 bridgehead atoms. The lowest BCUT2D eigenvalue weighted by Gasteiger charge is -2.06. The number of nitrogens with zero attached hydrogens (tertiary/aromatic N) is 2. The van der Waals surface area contributed by atoms with Gasteiger partial charge < -0.3 is 10.8 Å². The summed E-state index contributed by atoms with van der Waals surface area (Å²) in [5, 5.41) is 9.37. The van der Waals surface area contributed by atoms with E-state index >= 15 is 0 Å². The molecule has 14 heavy (non-hydrogen) atoms. The van der Waals surface area contributed by atoms with Crippen LogP contribution in [0.1, 0.15) is 19.2 Å². The Bertz CT molecular complexity index is 374. The van der Waals surface area contributed by atoms with Gasteiger partial charge in [0.1, 0.15) is 0 Å². The fourth-order valence-electron chi connectivity index (χ4n) is 1.10. The van der Waals surface area contributed by atoms with Gasteiger partial charge in [0.05, 0.1) is 12.6 Å². The summed E-state index contributed by atoms with van der Waals surface area (Å²) in [7, 11) is 0. The Morgan fingerprint density at radius 2 is 2.36 bits per heavy atom. The number of aromatic nitrogens is 3. The van der Waals surface area contributed by atoms with Gasteiger partial charge in [-0.15, -0.1) is 0 Å². The van der Waals surface area contributed by atoms with Crippen LogP contribution in [0.25, 0.3) is 0 Å². The second-order valence-corrected chi connectivity index (χ2v) is 3.16. The molecule has 0 aliphatic heterocycles. The van der Waals surface area contributed by atoms with E-state index in [4.69, 9.17) is 5.73 Å². The number of aromatic amines is 1. The van der Waals surface area contributed by atoms with E-state index in [0.29, 0.717) is 12.2 Å². The van der Waals surface area contributed by atoms with Crippen LogP contribution in [0.15, 0.2) is 4.79 Å². The summed E-state index contributed by atoms with van der Waals surface area (Å²) in [5.74, 6) is 0.591. The molecular weight excluding hydrogens is 184 g/mol. The van der Waals surface area contributed by atoms with Gasteiger partial charge in [0, 0.05) is 6.92 Å². The van der Waals surface area contributed by atoms with Crippen molar-refractivity contribution in [1.29, 1.82) is 0 Å². The zero-order valence-corrected chi connectivity index (χ0v) is 8.32. The van der Waals surface area contributed by atoms with Gasteiger partial charge in [-0.05, 0) is 6.42 Å². The van der Waals surface area contributed by atoms with E-state index in [1.807, 2.05) is 6.92 Å². The molecule has 1 heterocycles. The number of hydrogen-bond acceptors (Lipinski definition) is 4. The number of rotatable bonds is 3. The number of hydrogen-bond donors (Lipinski definition) is 3. The van der Waals surface area contributed by atoms with E-state index in [9.17, 15) is 9.90 Å². The van der Waals surface area contributed by atoms with Crippen LogP contribution in [-0.4, -0.2) is 21.2 Å². The molecule has 6 nitrogen and oxygen atoms in total. The minimum Gasteiger partial charge on any atom is -0.390 e. The van der Waals surface area contributed by atoms with Crippen molar-refractivity contribution in [3.8, 4) is 0 Å². The third-order valence-corrected chi connectivity index (χ3v) is 1.96. The van der Waals surface area contributed by atoms with Crippen LogP contribution in [0.5, 0.6) is 0 Å². The van der Waals surface area contributed by atoms with Crippen LogP contribution in [0.2, 0.25) is 0 Å². The highest BCUT2D eigenvalue weighted by Crippen LogP contribution is 1.90. The first-order chi connectivity index (χ1) is 6.54. The lowest BCUT2D eigenvalue weighted by Crippen LogP contribution is -2.56. The van der Waals surface area contributed by atoms with Crippen molar-refractivity contribution in [2.24, 2.45) is 0 Å². The van der Waals surface area contributed by atoms with Gasteiger partial charge in [0.15, 0.2) is 0 Å². The highest BCUT2D eigenvalue weighted by Gasteiger charge is 2.14. The van der Waals surface area contributed by atoms with Gasteiger partial charge in [-0.25, -0.2) is 9.78 Å². The molecule has 0 aliphatic rings. The molecule has 6 heteroatoms. The third kappa shape index (κ3) is 2.29. The molecule has 0 radical (unpaired) electrons. The summed E-state index contributed by atoms with van der Waals surface area (Å²) in [5.41, 5.74) is 5.20. The Hall–Kier alpha value is -1.43. The van der Waals surface area contributed by atoms with Crippen LogP contribution in [0.3, 0.4) is 0 Å². The van der Waals surface area contributed by atoms with Crippen molar-refractivity contribution >= 4 is 5.95 Å². The first-order valence-corrected chi connectivity index (χ1v) is 4.49. The number of aliphatic hydroxyl groups is 1. The maximum absolute atomic E-state index is 11.4. The largest absolute Gasteiger partial charge is 0.416 e. The molecule has 1 aromatic rings. The van der Waals surface area contributed by atoms with Crippen LogP contribution in [-0.2, 0) is 6.54 Å². The van der Waals surface area contributed by atoms with Gasteiger partial charge in [0.2, 0.25) is 5.82 Å². The topological polar surface area (TPSA) is 95.9 Å². The Morgan fingerprint density at radius 3 is 2.86 bits per heavy atom. The molecule has 78 valence electrons. The average Bonchev–Trinajstić information content (AvgIpc) is 2.10. The molecule has 0 saturated carbocycles. The van der Waals surface area contributed by atoms with E-state index in [0.717, 1.165) is 0 Å². The molecule has 0 aliphatic carbocycles. The standard InChI is InChI=1S/C8H14N4O2/c1-3-6(13)4-12-7(9)10-5(2)11-8(12)14/h6,13H,3-4H2,1-2H3,(H2,9,10,11,14)/p+1/t6-/m1/s1. The monoisotopic (exact) mass is 199 g/mol. The van der Waals surface area contributed by atoms with Crippen LogP contribution < -0.4 is 16.0 Å². The van der Waals surface area contributed by atoms with Gasteiger partial charge in [-0.2, -0.15) is 4.57 Å². The van der Waals surface area contributed by atoms with Gasteiger partial charge in [-0.3, -0.25) is 0 Å². The second-order valence-electron chi connectivity index (χ2n) is 3.16. The van der Waals surface area contributed by atoms with Crippen LogP contribution in [0, 0.1) is 6.92 Å². The zero-order valence-electron chi connectivity index (χ0n) is 8.32. The number of nitrogens with two attached hydrogens (primary N) is 1. The Morgan fingerprint density at radius 1 is 1.71 bits per heavy atom. The fourth-order valence-corrected chi connectivity index (χ4v) is 1.10. The minimum atomic E-state index is -0.576. The summed E-state index contributed by atoms with van der Waals surface area (Å²) < 4.78 is 1.22. The summed E-state index contributed by atoms with van der Waals surface area (Å²) in [6.45, 7) is 3.65. The molecule has 1 atom stereocenters. The molecule has 0 spiro atoms. The van der Waals surface area contributed by atoms with Crippen molar-refractivity contribution in [2.45, 2.75) is 32.9 Å². The molecule has 0 fully saturated rings. The number of aryl methyl sites for hydroxylation is 1. The van der Waals surface area contributed by atoms with Crippen molar-refractivity contribution in [2.75, 3.05) is 5.73 Å². The SMILES string of the molecule is CC[C@@H](O)C[n+]1c(N)nc(C)[nH]c1=O. The minimum absolute atomic E-state index is 0.124. The molecule has 0 saturated heterocycles. The number of aliphatic hydroxyl groups excluding tert-OH is 1. The maximum Gasteiger partial charge on any atom is 0.416 e. The summed E-state index contributed by atoms with van der Waals surface area (Å²) in [6, 6.07) is 0. The van der Waals surface area contributed by atoms with E-state index in [-0.39, 0.29) is 18.2 Å². The average molecular weight is 199 g/mol. The molecular formula is C8H15N4O2+. The molecule has 1 aromatic heterocycles. The highest BCUT2D eigenvalue weighted by atomic mass is 16.3. The number of anilines is 1. The first-order valence-electron chi connectivity index (χ1n) is 4.49. The molecule has 0 amide bonds. The Kier molecular flexibility index (Phi) is 3.19. The predicted molar refractivity (Wildman–Crippen MR) is 50.5 cm³/mol. The van der Waals surface area contributed by atoms with Gasteiger partial charge >= 0.3 is 11.6 Å². The van der Waals surface area contributed by atoms with Crippen molar-refractivity contribution < 1.29 is 9.67 Å². The number of nitrogens with one attached hydrogen (secondary N) is 1. The normalized spacial score (nSPS) is 12.8. The van der Waals surface area contributed by atoms with Crippen LogP contribution >= 0.6 is 0 Å². The number of nitrogen functional groups attached to an aromatic ring is 1. The smallest absolute Gasteiger partial charge is 0.390 e. The molecule has 0 unspecified atom stereocenters. The Labute approximate surface area is 81.4 Å². The predicted octanol–water partition coefficient (Wildman–Crippen LogP) is -1.28. The van der Waals surface area contributed by atoms with E-state index < -0.39 is 6.10 Å². The van der Waals surface area contributed by atoms with E-state index in [2.05, 4.69) is 9.97 Å².